The molecule has 1 saturated heterocycles. The quantitative estimate of drug-likeness (QED) is 0.146. The van der Waals surface area contributed by atoms with E-state index in [1.165, 1.54) is 0 Å². The fraction of sp³-hybridized carbons (Fsp3) is 0.147. The van der Waals surface area contributed by atoms with Gasteiger partial charge in [-0.3, -0.25) is 9.59 Å². The van der Waals surface area contributed by atoms with Crippen LogP contribution in [0.25, 0.3) is 11.4 Å². The van der Waals surface area contributed by atoms with Crippen LogP contribution in [0, 0.1) is 13.8 Å². The number of fused-ring (bicyclic) bond motifs is 1. The molecule has 1 N–H and O–H groups in total. The molecule has 5 aromatic rings. The predicted molar refractivity (Wildman–Crippen MR) is 157 cm³/mol. The largest absolute Gasteiger partial charge is 0.505 e. The normalized spacial score (nSPS) is 16.4. The second-order valence-corrected chi connectivity index (χ2v) is 10.1. The maximum absolute atomic E-state index is 13.6. The summed E-state index contributed by atoms with van der Waals surface area (Å²) >= 11 is 0. The lowest BCUT2D eigenvalue weighted by Crippen LogP contribution is -2.31. The number of ketones is 1. The van der Waals surface area contributed by atoms with Crippen LogP contribution in [-0.2, 0) is 16.0 Å². The molecule has 1 aliphatic rings. The van der Waals surface area contributed by atoms with Crippen LogP contribution in [0.3, 0.4) is 0 Å². The van der Waals surface area contributed by atoms with Crippen LogP contribution in [0.4, 0.5) is 0 Å². The highest BCUT2D eigenvalue weighted by atomic mass is 16.5. The highest BCUT2D eigenvalue weighted by Gasteiger charge is 2.46. The van der Waals surface area contributed by atoms with E-state index in [-0.39, 0.29) is 17.0 Å². The van der Waals surface area contributed by atoms with E-state index < -0.39 is 17.7 Å². The van der Waals surface area contributed by atoms with Gasteiger partial charge in [-0.1, -0.05) is 66.7 Å². The smallest absolute Gasteiger partial charge is 0.295 e. The molecule has 3 aromatic carbocycles. The summed E-state index contributed by atoms with van der Waals surface area (Å²) in [6, 6.07) is 29.5. The summed E-state index contributed by atoms with van der Waals surface area (Å²) in [5.41, 5.74) is 4.29. The van der Waals surface area contributed by atoms with E-state index in [2.05, 4.69) is 4.98 Å². The highest BCUT2D eigenvalue weighted by Crippen LogP contribution is 2.41. The number of Topliss-reactive ketones (excluding diaryl/α,β-unsaturated/α-hetero) is 1. The van der Waals surface area contributed by atoms with Crippen LogP contribution >= 0.6 is 0 Å². The average Bonchev–Trinajstić information content (AvgIpc) is 3.47. The highest BCUT2D eigenvalue weighted by molar-refractivity contribution is 6.46. The minimum absolute atomic E-state index is 0.0177. The Hall–Kier alpha value is -5.17. The van der Waals surface area contributed by atoms with Gasteiger partial charge in [0.2, 0.25) is 0 Å². The van der Waals surface area contributed by atoms with E-state index in [4.69, 9.17) is 4.74 Å². The monoisotopic (exact) mass is 543 g/mol. The molecular weight excluding hydrogens is 514 g/mol. The summed E-state index contributed by atoms with van der Waals surface area (Å²) in [6.45, 7) is 4.07. The van der Waals surface area contributed by atoms with Gasteiger partial charge in [0.25, 0.3) is 11.7 Å². The topological polar surface area (TPSA) is 84.1 Å². The molecule has 0 bridgehead atoms. The molecule has 0 aliphatic carbocycles. The summed E-state index contributed by atoms with van der Waals surface area (Å²) < 4.78 is 7.94. The van der Waals surface area contributed by atoms with Crippen molar-refractivity contribution in [1.82, 2.24) is 14.3 Å². The van der Waals surface area contributed by atoms with Crippen molar-refractivity contribution in [2.24, 2.45) is 0 Å². The second-order valence-electron chi connectivity index (χ2n) is 10.1. The number of likely N-dealkylation sites (tertiary alicyclic amines) is 1. The number of pyridine rings is 1. The summed E-state index contributed by atoms with van der Waals surface area (Å²) in [7, 11) is 0. The molecular formula is C34H29N3O4. The number of rotatable bonds is 7. The number of carbonyl (C=O) groups excluding carboxylic acids is 2. The van der Waals surface area contributed by atoms with E-state index in [1.807, 2.05) is 122 Å². The van der Waals surface area contributed by atoms with Crippen molar-refractivity contribution in [3.8, 4) is 11.5 Å². The van der Waals surface area contributed by atoms with Crippen LogP contribution in [0.1, 0.15) is 34.1 Å². The van der Waals surface area contributed by atoms with E-state index in [0.717, 1.165) is 11.1 Å². The van der Waals surface area contributed by atoms with Crippen molar-refractivity contribution in [1.29, 1.82) is 0 Å². The fourth-order valence-corrected chi connectivity index (χ4v) is 5.40. The van der Waals surface area contributed by atoms with Gasteiger partial charge in [0.1, 0.15) is 22.8 Å². The molecule has 204 valence electrons. The van der Waals surface area contributed by atoms with Crippen LogP contribution in [0.15, 0.2) is 109 Å². The average molecular weight is 544 g/mol. The second kappa shape index (κ2) is 10.8. The Labute approximate surface area is 238 Å². The Bertz CT molecular complexity index is 1790. The van der Waals surface area contributed by atoms with Crippen molar-refractivity contribution >= 4 is 23.1 Å². The molecule has 7 nitrogen and oxygen atoms in total. The molecule has 1 aliphatic heterocycles. The van der Waals surface area contributed by atoms with Gasteiger partial charge in [-0.15, -0.1) is 0 Å². The minimum Gasteiger partial charge on any atom is -0.505 e. The molecule has 2 aromatic heterocycles. The molecule has 0 saturated carbocycles. The Morgan fingerprint density at radius 2 is 1.59 bits per heavy atom. The molecule has 6 rings (SSSR count). The number of aliphatic hydroxyl groups is 1. The number of imidazole rings is 1. The fourth-order valence-electron chi connectivity index (χ4n) is 5.40. The lowest BCUT2D eigenvalue weighted by molar-refractivity contribution is -0.139. The van der Waals surface area contributed by atoms with Crippen LogP contribution in [0.5, 0.6) is 11.5 Å². The van der Waals surface area contributed by atoms with E-state index in [9.17, 15) is 14.7 Å². The van der Waals surface area contributed by atoms with Crippen LogP contribution < -0.4 is 4.74 Å². The minimum atomic E-state index is -0.816. The number of benzene rings is 3. The SMILES string of the molecule is Cc1cccn2c(C)c(C(O)=C3C(=O)C(=O)N(CCc4ccccc4)C3c3cccc(Oc4ccccc4)c3)nc12. The Kier molecular flexibility index (Phi) is 6.85. The van der Waals surface area contributed by atoms with Crippen LogP contribution in [0.2, 0.25) is 0 Å². The first-order valence-electron chi connectivity index (χ1n) is 13.5. The van der Waals surface area contributed by atoms with Crippen molar-refractivity contribution in [3.05, 3.63) is 137 Å². The van der Waals surface area contributed by atoms with Gasteiger partial charge in [-0.2, -0.15) is 0 Å². The number of carbonyl (C=O) groups is 2. The van der Waals surface area contributed by atoms with Gasteiger partial charge < -0.3 is 19.1 Å². The van der Waals surface area contributed by atoms with E-state index in [1.54, 1.807) is 4.90 Å². The lowest BCUT2D eigenvalue weighted by Gasteiger charge is -2.25. The molecule has 0 spiro atoms. The number of ether oxygens (including phenoxy) is 1. The zero-order valence-electron chi connectivity index (χ0n) is 22.8. The first kappa shape index (κ1) is 26.1. The Morgan fingerprint density at radius 1 is 0.878 bits per heavy atom. The molecule has 41 heavy (non-hydrogen) atoms. The number of hydrogen-bond acceptors (Lipinski definition) is 5. The third-order valence-electron chi connectivity index (χ3n) is 7.49. The number of aromatic nitrogens is 2. The molecule has 0 radical (unpaired) electrons. The van der Waals surface area contributed by atoms with Crippen molar-refractivity contribution in [2.75, 3.05) is 6.54 Å². The number of nitrogens with zero attached hydrogens (tertiary/aromatic N) is 3. The zero-order chi connectivity index (χ0) is 28.5. The summed E-state index contributed by atoms with van der Waals surface area (Å²) in [4.78, 5) is 33.4. The van der Waals surface area contributed by atoms with Gasteiger partial charge in [0.15, 0.2) is 5.76 Å². The van der Waals surface area contributed by atoms with Gasteiger partial charge in [-0.05, 0) is 67.3 Å². The number of aryl methyl sites for hydroxylation is 2. The molecule has 1 unspecified atom stereocenters. The Morgan fingerprint density at radius 3 is 2.32 bits per heavy atom. The van der Waals surface area contributed by atoms with E-state index >= 15 is 0 Å². The Balaban J connectivity index is 1.47. The van der Waals surface area contributed by atoms with Gasteiger partial charge in [0, 0.05) is 12.7 Å². The molecule has 1 amide bonds. The third kappa shape index (κ3) is 4.87. The maximum atomic E-state index is 13.6. The van der Waals surface area contributed by atoms with Crippen molar-refractivity contribution < 1.29 is 19.4 Å². The van der Waals surface area contributed by atoms with Crippen LogP contribution in [-0.4, -0.2) is 37.6 Å². The molecule has 1 atom stereocenters. The first-order chi connectivity index (χ1) is 19.9. The maximum Gasteiger partial charge on any atom is 0.295 e. The van der Waals surface area contributed by atoms with Crippen molar-refractivity contribution in [3.63, 3.8) is 0 Å². The molecule has 1 fully saturated rings. The third-order valence-corrected chi connectivity index (χ3v) is 7.49. The zero-order valence-corrected chi connectivity index (χ0v) is 22.8. The number of para-hydroxylation sites is 1. The van der Waals surface area contributed by atoms with Gasteiger partial charge in [0.05, 0.1) is 17.3 Å². The molecule has 3 heterocycles. The summed E-state index contributed by atoms with van der Waals surface area (Å²) in [6.07, 6.45) is 2.42. The summed E-state index contributed by atoms with van der Waals surface area (Å²) in [5, 5.41) is 11.7. The number of aliphatic hydroxyl groups excluding tert-OH is 1. The van der Waals surface area contributed by atoms with Gasteiger partial charge >= 0.3 is 0 Å². The van der Waals surface area contributed by atoms with Gasteiger partial charge in [-0.25, -0.2) is 4.98 Å². The molecule has 7 heteroatoms. The number of hydrogen-bond donors (Lipinski definition) is 1. The first-order valence-corrected chi connectivity index (χ1v) is 13.5. The standard InChI is InChI=1S/C34H29N3O4/c1-22-11-10-19-36-23(2)29(35-33(22)36)31(38)28-30(25-14-9-17-27(21-25)41-26-15-7-4-8-16-26)37(34(40)32(28)39)20-18-24-12-5-3-6-13-24/h3-17,19,21,30,38H,18,20H2,1-2H3. The lowest BCUT2D eigenvalue weighted by atomic mass is 9.96. The van der Waals surface area contributed by atoms with Crippen molar-refractivity contribution in [2.45, 2.75) is 26.3 Å². The summed E-state index contributed by atoms with van der Waals surface area (Å²) in [5.74, 6) is -0.450. The predicted octanol–water partition coefficient (Wildman–Crippen LogP) is 6.41. The van der Waals surface area contributed by atoms with E-state index in [0.29, 0.717) is 41.4 Å². The number of amides is 1.